The summed E-state index contributed by atoms with van der Waals surface area (Å²) in [6, 6.07) is 20.4. The Morgan fingerprint density at radius 3 is 2.33 bits per heavy atom. The number of thiophene rings is 1. The summed E-state index contributed by atoms with van der Waals surface area (Å²) in [4.78, 5) is 18.0. The van der Waals surface area contributed by atoms with Crippen LogP contribution in [0.1, 0.15) is 11.4 Å². The van der Waals surface area contributed by atoms with E-state index in [1.165, 1.54) is 16.0 Å². The minimum absolute atomic E-state index is 0.139. The molecule has 3 aromatic carbocycles. The average Bonchev–Trinajstić information content (AvgIpc) is 3.15. The van der Waals surface area contributed by atoms with Crippen molar-refractivity contribution in [3.63, 3.8) is 0 Å². The molecule has 0 radical (unpaired) electrons. The van der Waals surface area contributed by atoms with Gasteiger partial charge in [0.1, 0.15) is 10.7 Å². The van der Waals surface area contributed by atoms with E-state index in [0.29, 0.717) is 11.2 Å². The van der Waals surface area contributed by atoms with Crippen LogP contribution in [-0.4, -0.2) is 15.9 Å². The molecule has 0 aliphatic carbocycles. The Bertz CT molecular complexity index is 1360. The van der Waals surface area contributed by atoms with Gasteiger partial charge in [-0.15, -0.1) is 11.3 Å². The van der Waals surface area contributed by atoms with Gasteiger partial charge in [0.25, 0.3) is 5.56 Å². The lowest BCUT2D eigenvalue weighted by Crippen LogP contribution is -2.19. The van der Waals surface area contributed by atoms with Crippen molar-refractivity contribution < 1.29 is 0 Å². The SMILES string of the molecule is Cc1nc2sccc2c(=O)n1/N=C/c1c2ccccc2cc2ccccc12. The van der Waals surface area contributed by atoms with Gasteiger partial charge in [-0.05, 0) is 46.0 Å². The third-order valence-corrected chi connectivity index (χ3v) is 5.56. The monoisotopic (exact) mass is 369 g/mol. The summed E-state index contributed by atoms with van der Waals surface area (Å²) in [5.41, 5.74) is 0.861. The van der Waals surface area contributed by atoms with Crippen LogP contribution in [-0.2, 0) is 0 Å². The third kappa shape index (κ3) is 2.55. The number of rotatable bonds is 2. The van der Waals surface area contributed by atoms with Gasteiger partial charge in [-0.25, -0.2) is 4.98 Å². The van der Waals surface area contributed by atoms with E-state index in [0.717, 1.165) is 31.9 Å². The number of aromatic nitrogens is 2. The highest BCUT2D eigenvalue weighted by molar-refractivity contribution is 7.16. The van der Waals surface area contributed by atoms with Crippen molar-refractivity contribution >= 4 is 49.3 Å². The molecule has 0 N–H and O–H groups in total. The number of hydrogen-bond donors (Lipinski definition) is 0. The molecule has 0 spiro atoms. The normalized spacial score (nSPS) is 11.9. The van der Waals surface area contributed by atoms with Crippen molar-refractivity contribution in [3.05, 3.63) is 87.8 Å². The summed E-state index contributed by atoms with van der Waals surface area (Å²) in [6.45, 7) is 1.80. The molecule has 0 amide bonds. The lowest BCUT2D eigenvalue weighted by molar-refractivity contribution is 0.772. The van der Waals surface area contributed by atoms with Crippen LogP contribution in [0.2, 0.25) is 0 Å². The van der Waals surface area contributed by atoms with Crippen LogP contribution >= 0.6 is 11.3 Å². The lowest BCUT2D eigenvalue weighted by atomic mass is 9.97. The smallest absolute Gasteiger partial charge is 0.267 e. The van der Waals surface area contributed by atoms with Crippen molar-refractivity contribution in [2.24, 2.45) is 5.10 Å². The number of nitrogens with zero attached hydrogens (tertiary/aromatic N) is 3. The Kier molecular flexibility index (Phi) is 3.62. The molecule has 0 saturated carbocycles. The molecule has 0 fully saturated rings. The summed E-state index contributed by atoms with van der Waals surface area (Å²) in [6.07, 6.45) is 1.78. The second-order valence-corrected chi connectivity index (χ2v) is 7.29. The van der Waals surface area contributed by atoms with Crippen molar-refractivity contribution in [1.29, 1.82) is 0 Å². The molecule has 0 saturated heterocycles. The van der Waals surface area contributed by atoms with Crippen molar-refractivity contribution in [1.82, 2.24) is 9.66 Å². The summed E-state index contributed by atoms with van der Waals surface area (Å²) < 4.78 is 1.38. The standard InChI is InChI=1S/C22H15N3OS/c1-14-24-21-19(10-11-27-21)22(26)25(14)23-13-20-17-8-4-2-6-15(17)12-16-7-3-5-9-18(16)20/h2-13H,1H3/b23-13+. The van der Waals surface area contributed by atoms with E-state index in [9.17, 15) is 4.79 Å². The van der Waals surface area contributed by atoms with Crippen LogP contribution in [0.25, 0.3) is 31.8 Å². The van der Waals surface area contributed by atoms with Crippen LogP contribution in [0.3, 0.4) is 0 Å². The van der Waals surface area contributed by atoms with Crippen LogP contribution in [0, 0.1) is 6.92 Å². The van der Waals surface area contributed by atoms with Gasteiger partial charge in [-0.3, -0.25) is 4.79 Å². The van der Waals surface area contributed by atoms with Gasteiger partial charge in [-0.2, -0.15) is 9.78 Å². The molecular formula is C22H15N3OS. The predicted octanol–water partition coefficient (Wildman–Crippen LogP) is 4.96. The molecule has 0 bridgehead atoms. The summed E-state index contributed by atoms with van der Waals surface area (Å²) >= 11 is 1.47. The van der Waals surface area contributed by atoms with Crippen LogP contribution in [0.4, 0.5) is 0 Å². The zero-order chi connectivity index (χ0) is 18.4. The highest BCUT2D eigenvalue weighted by Crippen LogP contribution is 2.27. The van der Waals surface area contributed by atoms with E-state index in [-0.39, 0.29) is 5.56 Å². The second-order valence-electron chi connectivity index (χ2n) is 6.39. The van der Waals surface area contributed by atoms with E-state index < -0.39 is 0 Å². The van der Waals surface area contributed by atoms with E-state index in [1.807, 2.05) is 29.6 Å². The molecule has 5 heteroatoms. The largest absolute Gasteiger partial charge is 0.282 e. The average molecular weight is 369 g/mol. The molecule has 5 rings (SSSR count). The predicted molar refractivity (Wildman–Crippen MR) is 113 cm³/mol. The molecule has 2 heterocycles. The second kappa shape index (κ2) is 6.14. The molecule has 27 heavy (non-hydrogen) atoms. The van der Waals surface area contributed by atoms with Crippen molar-refractivity contribution in [2.75, 3.05) is 0 Å². The van der Waals surface area contributed by atoms with Gasteiger partial charge in [0.05, 0.1) is 11.6 Å². The molecule has 130 valence electrons. The molecule has 5 aromatic rings. The molecule has 0 unspecified atom stereocenters. The van der Waals surface area contributed by atoms with Crippen LogP contribution < -0.4 is 5.56 Å². The zero-order valence-electron chi connectivity index (χ0n) is 14.6. The highest BCUT2D eigenvalue weighted by atomic mass is 32.1. The molecule has 0 aliphatic heterocycles. The number of aryl methyl sites for hydroxylation is 1. The topological polar surface area (TPSA) is 47.2 Å². The molecule has 0 atom stereocenters. The fourth-order valence-corrected chi connectivity index (χ4v) is 4.25. The minimum atomic E-state index is -0.139. The van der Waals surface area contributed by atoms with E-state index in [2.05, 4.69) is 40.4 Å². The number of fused-ring (bicyclic) bond motifs is 3. The van der Waals surface area contributed by atoms with Crippen molar-refractivity contribution in [3.8, 4) is 0 Å². The maximum atomic E-state index is 12.8. The van der Waals surface area contributed by atoms with Gasteiger partial charge >= 0.3 is 0 Å². The van der Waals surface area contributed by atoms with Gasteiger partial charge in [-0.1, -0.05) is 48.5 Å². The maximum absolute atomic E-state index is 12.8. The minimum Gasteiger partial charge on any atom is -0.267 e. The van der Waals surface area contributed by atoms with Gasteiger partial charge < -0.3 is 0 Å². The van der Waals surface area contributed by atoms with Crippen LogP contribution in [0.5, 0.6) is 0 Å². The summed E-state index contributed by atoms with van der Waals surface area (Å²) in [5, 5.41) is 11.5. The molecule has 4 nitrogen and oxygen atoms in total. The lowest BCUT2D eigenvalue weighted by Gasteiger charge is -2.08. The first-order chi connectivity index (χ1) is 13.2. The molecule has 2 aromatic heterocycles. The Morgan fingerprint density at radius 1 is 0.963 bits per heavy atom. The quantitative estimate of drug-likeness (QED) is 0.326. The van der Waals surface area contributed by atoms with Crippen LogP contribution in [0.15, 0.2) is 75.9 Å². The fraction of sp³-hybridized carbons (Fsp3) is 0.0455. The number of benzene rings is 3. The zero-order valence-corrected chi connectivity index (χ0v) is 15.4. The Hall–Kier alpha value is -3.31. The first-order valence-corrected chi connectivity index (χ1v) is 9.52. The first-order valence-electron chi connectivity index (χ1n) is 8.64. The Balaban J connectivity index is 1.78. The summed E-state index contributed by atoms with van der Waals surface area (Å²) in [5.74, 6) is 0.579. The van der Waals surface area contributed by atoms with Gasteiger partial charge in [0.2, 0.25) is 0 Å². The first kappa shape index (κ1) is 15.9. The van der Waals surface area contributed by atoms with Gasteiger partial charge in [0, 0.05) is 5.56 Å². The molecule has 0 aliphatic rings. The maximum Gasteiger partial charge on any atom is 0.282 e. The van der Waals surface area contributed by atoms with E-state index in [1.54, 1.807) is 19.2 Å². The van der Waals surface area contributed by atoms with Crippen molar-refractivity contribution in [2.45, 2.75) is 6.92 Å². The highest BCUT2D eigenvalue weighted by Gasteiger charge is 2.09. The number of hydrogen-bond acceptors (Lipinski definition) is 4. The van der Waals surface area contributed by atoms with E-state index >= 15 is 0 Å². The third-order valence-electron chi connectivity index (χ3n) is 4.75. The molecular weight excluding hydrogens is 354 g/mol. The van der Waals surface area contributed by atoms with Gasteiger partial charge in [0.15, 0.2) is 0 Å². The Labute approximate surface area is 159 Å². The Morgan fingerprint density at radius 2 is 1.63 bits per heavy atom. The fourth-order valence-electron chi connectivity index (χ4n) is 3.45. The van der Waals surface area contributed by atoms with E-state index in [4.69, 9.17) is 0 Å². The summed E-state index contributed by atoms with van der Waals surface area (Å²) in [7, 11) is 0.